The Balaban J connectivity index is 2.47. The van der Waals surface area contributed by atoms with Crippen LogP contribution in [0.25, 0.3) is 0 Å². The van der Waals surface area contributed by atoms with Crippen LogP contribution in [-0.4, -0.2) is 14.9 Å². The van der Waals surface area contributed by atoms with Crippen LogP contribution in [-0.2, 0) is 7.05 Å². The monoisotopic (exact) mass is 230 g/mol. The van der Waals surface area contributed by atoms with Crippen molar-refractivity contribution in [1.29, 1.82) is 0 Å². The molecule has 17 heavy (non-hydrogen) atoms. The maximum atomic E-state index is 10.5. The van der Waals surface area contributed by atoms with Gasteiger partial charge in [-0.15, -0.1) is 0 Å². The van der Waals surface area contributed by atoms with E-state index in [0.29, 0.717) is 0 Å². The molecule has 0 amide bonds. The molecule has 0 saturated carbocycles. The number of aliphatic hydroxyl groups is 1. The summed E-state index contributed by atoms with van der Waals surface area (Å²) < 4.78 is 1.74. The Hall–Kier alpha value is -1.61. The Labute approximate surface area is 102 Å². The first-order valence-electron chi connectivity index (χ1n) is 5.74. The van der Waals surface area contributed by atoms with Gasteiger partial charge in [0.1, 0.15) is 6.10 Å². The number of aromatic nitrogens is 2. The predicted molar refractivity (Wildman–Crippen MR) is 67.9 cm³/mol. The largest absolute Gasteiger partial charge is 0.382 e. The van der Waals surface area contributed by atoms with Crippen molar-refractivity contribution in [2.75, 3.05) is 0 Å². The molecule has 1 N–H and O–H groups in total. The van der Waals surface area contributed by atoms with Crippen molar-refractivity contribution in [3.63, 3.8) is 0 Å². The molecule has 2 aromatic rings. The zero-order valence-electron chi connectivity index (χ0n) is 10.7. The lowest BCUT2D eigenvalue weighted by atomic mass is 9.98. The average molecular weight is 230 g/mol. The lowest BCUT2D eigenvalue weighted by molar-refractivity contribution is 0.208. The van der Waals surface area contributed by atoms with Crippen LogP contribution in [0.1, 0.15) is 34.1 Å². The third kappa shape index (κ3) is 2.11. The quantitative estimate of drug-likeness (QED) is 0.860. The SMILES string of the molecule is Cc1ccc(C(O)c2c(C)cnn2C)c(C)c1. The zero-order chi connectivity index (χ0) is 12.6. The normalized spacial score (nSPS) is 12.8. The summed E-state index contributed by atoms with van der Waals surface area (Å²) in [6, 6.07) is 6.10. The molecule has 0 saturated heterocycles. The smallest absolute Gasteiger partial charge is 0.121 e. The summed E-state index contributed by atoms with van der Waals surface area (Å²) in [5.74, 6) is 0. The van der Waals surface area contributed by atoms with Gasteiger partial charge < -0.3 is 5.11 Å². The van der Waals surface area contributed by atoms with Gasteiger partial charge in [0.25, 0.3) is 0 Å². The number of nitrogens with zero attached hydrogens (tertiary/aromatic N) is 2. The molecule has 0 spiro atoms. The molecule has 1 unspecified atom stereocenters. The highest BCUT2D eigenvalue weighted by Gasteiger charge is 2.18. The Bertz CT molecular complexity index is 524. The lowest BCUT2D eigenvalue weighted by Gasteiger charge is -2.15. The van der Waals surface area contributed by atoms with E-state index in [1.54, 1.807) is 10.9 Å². The number of rotatable bonds is 2. The van der Waals surface area contributed by atoms with E-state index in [9.17, 15) is 5.11 Å². The first-order valence-corrected chi connectivity index (χ1v) is 5.74. The number of hydrogen-bond acceptors (Lipinski definition) is 2. The summed E-state index contributed by atoms with van der Waals surface area (Å²) in [6.07, 6.45) is 1.17. The second-order valence-corrected chi connectivity index (χ2v) is 4.60. The maximum absolute atomic E-state index is 10.5. The summed E-state index contributed by atoms with van der Waals surface area (Å²) in [6.45, 7) is 6.05. The standard InChI is InChI=1S/C14H18N2O/c1-9-5-6-12(10(2)7-9)14(17)13-11(3)8-15-16(13)4/h5-8,14,17H,1-4H3. The predicted octanol–water partition coefficient (Wildman–Crippen LogP) is 2.43. The molecular weight excluding hydrogens is 212 g/mol. The summed E-state index contributed by atoms with van der Waals surface area (Å²) in [4.78, 5) is 0. The van der Waals surface area contributed by atoms with Crippen LogP contribution in [0.4, 0.5) is 0 Å². The third-order valence-electron chi connectivity index (χ3n) is 3.16. The van der Waals surface area contributed by atoms with Crippen LogP contribution in [0.2, 0.25) is 0 Å². The zero-order valence-corrected chi connectivity index (χ0v) is 10.7. The summed E-state index contributed by atoms with van der Waals surface area (Å²) in [5, 5.41) is 14.6. The second-order valence-electron chi connectivity index (χ2n) is 4.60. The van der Waals surface area contributed by atoms with Crippen LogP contribution in [0.15, 0.2) is 24.4 Å². The van der Waals surface area contributed by atoms with Crippen LogP contribution >= 0.6 is 0 Å². The molecule has 1 aromatic carbocycles. The third-order valence-corrected chi connectivity index (χ3v) is 3.16. The molecule has 0 fully saturated rings. The molecular formula is C14H18N2O. The number of hydrogen-bond donors (Lipinski definition) is 1. The van der Waals surface area contributed by atoms with E-state index in [4.69, 9.17) is 0 Å². The molecule has 0 radical (unpaired) electrons. The molecule has 1 heterocycles. The molecule has 2 rings (SSSR count). The summed E-state index contributed by atoms with van der Waals surface area (Å²) in [5.41, 5.74) is 5.14. The van der Waals surface area contributed by atoms with Crippen molar-refractivity contribution in [3.8, 4) is 0 Å². The van der Waals surface area contributed by atoms with Crippen molar-refractivity contribution in [2.24, 2.45) is 7.05 Å². The van der Waals surface area contributed by atoms with Gasteiger partial charge in [-0.05, 0) is 37.5 Å². The molecule has 1 atom stereocenters. The fourth-order valence-electron chi connectivity index (χ4n) is 2.23. The highest BCUT2D eigenvalue weighted by molar-refractivity contribution is 5.37. The van der Waals surface area contributed by atoms with E-state index in [2.05, 4.69) is 18.1 Å². The van der Waals surface area contributed by atoms with Gasteiger partial charge in [-0.3, -0.25) is 4.68 Å². The van der Waals surface area contributed by atoms with Crippen molar-refractivity contribution in [3.05, 3.63) is 52.3 Å². The Morgan fingerprint density at radius 1 is 1.18 bits per heavy atom. The average Bonchev–Trinajstić information content (AvgIpc) is 2.58. The molecule has 0 aliphatic rings. The van der Waals surface area contributed by atoms with Crippen molar-refractivity contribution < 1.29 is 5.11 Å². The molecule has 1 aromatic heterocycles. The minimum absolute atomic E-state index is 0.608. The van der Waals surface area contributed by atoms with E-state index in [1.165, 1.54) is 5.56 Å². The topological polar surface area (TPSA) is 38.1 Å². The Morgan fingerprint density at radius 3 is 2.41 bits per heavy atom. The van der Waals surface area contributed by atoms with Crippen molar-refractivity contribution >= 4 is 0 Å². The molecule has 3 heteroatoms. The van der Waals surface area contributed by atoms with Gasteiger partial charge in [0.2, 0.25) is 0 Å². The lowest BCUT2D eigenvalue weighted by Crippen LogP contribution is -2.09. The minimum atomic E-state index is -0.608. The van der Waals surface area contributed by atoms with Gasteiger partial charge in [-0.1, -0.05) is 23.8 Å². The molecule has 0 aliphatic heterocycles. The van der Waals surface area contributed by atoms with E-state index in [0.717, 1.165) is 22.4 Å². The molecule has 0 aliphatic carbocycles. The Kier molecular flexibility index (Phi) is 3.03. The van der Waals surface area contributed by atoms with Gasteiger partial charge in [0.05, 0.1) is 11.9 Å². The number of aryl methyl sites for hydroxylation is 4. The van der Waals surface area contributed by atoms with Crippen molar-refractivity contribution in [2.45, 2.75) is 26.9 Å². The Morgan fingerprint density at radius 2 is 1.88 bits per heavy atom. The van der Waals surface area contributed by atoms with Gasteiger partial charge in [-0.25, -0.2) is 0 Å². The fourth-order valence-corrected chi connectivity index (χ4v) is 2.23. The summed E-state index contributed by atoms with van der Waals surface area (Å²) in [7, 11) is 1.86. The first kappa shape index (κ1) is 11.9. The van der Waals surface area contributed by atoms with E-state index < -0.39 is 6.10 Å². The van der Waals surface area contributed by atoms with Crippen LogP contribution in [0.3, 0.4) is 0 Å². The van der Waals surface area contributed by atoms with Gasteiger partial charge in [0, 0.05) is 7.05 Å². The van der Waals surface area contributed by atoms with Gasteiger partial charge in [-0.2, -0.15) is 5.10 Å². The van der Waals surface area contributed by atoms with Gasteiger partial charge in [0.15, 0.2) is 0 Å². The van der Waals surface area contributed by atoms with E-state index >= 15 is 0 Å². The first-order chi connectivity index (χ1) is 8.00. The maximum Gasteiger partial charge on any atom is 0.121 e. The van der Waals surface area contributed by atoms with Crippen LogP contribution in [0.5, 0.6) is 0 Å². The summed E-state index contributed by atoms with van der Waals surface area (Å²) >= 11 is 0. The van der Waals surface area contributed by atoms with Crippen LogP contribution < -0.4 is 0 Å². The molecule has 90 valence electrons. The number of aliphatic hydroxyl groups excluding tert-OH is 1. The second kappa shape index (κ2) is 4.34. The highest BCUT2D eigenvalue weighted by atomic mass is 16.3. The molecule has 3 nitrogen and oxygen atoms in total. The van der Waals surface area contributed by atoms with E-state index in [-0.39, 0.29) is 0 Å². The minimum Gasteiger partial charge on any atom is -0.382 e. The van der Waals surface area contributed by atoms with Crippen molar-refractivity contribution in [1.82, 2.24) is 9.78 Å². The highest BCUT2D eigenvalue weighted by Crippen LogP contribution is 2.26. The fraction of sp³-hybridized carbons (Fsp3) is 0.357. The van der Waals surface area contributed by atoms with Crippen LogP contribution in [0, 0.1) is 20.8 Å². The van der Waals surface area contributed by atoms with E-state index in [1.807, 2.05) is 33.0 Å². The van der Waals surface area contributed by atoms with Gasteiger partial charge >= 0.3 is 0 Å². The number of benzene rings is 1. The molecule has 0 bridgehead atoms.